The molecule has 3 amide bonds. The van der Waals surface area contributed by atoms with E-state index in [1.165, 1.54) is 6.33 Å². The third-order valence-electron chi connectivity index (χ3n) is 7.80. The molecule has 11 nitrogen and oxygen atoms in total. The van der Waals surface area contributed by atoms with Crippen molar-refractivity contribution in [3.63, 3.8) is 0 Å². The summed E-state index contributed by atoms with van der Waals surface area (Å²) in [6.45, 7) is 3.98. The summed E-state index contributed by atoms with van der Waals surface area (Å²) in [6.07, 6.45) is 5.87. The van der Waals surface area contributed by atoms with Gasteiger partial charge in [0.15, 0.2) is 5.69 Å². The Morgan fingerprint density at radius 2 is 1.85 bits per heavy atom. The van der Waals surface area contributed by atoms with Gasteiger partial charge >= 0.3 is 0 Å². The molecule has 1 aromatic carbocycles. The van der Waals surface area contributed by atoms with Gasteiger partial charge in [-0.3, -0.25) is 14.4 Å². The lowest BCUT2D eigenvalue weighted by Crippen LogP contribution is -2.36. The van der Waals surface area contributed by atoms with E-state index in [0.29, 0.717) is 62.8 Å². The molecule has 1 aromatic heterocycles. The van der Waals surface area contributed by atoms with Gasteiger partial charge in [-0.2, -0.15) is 0 Å². The molecule has 3 heterocycles. The van der Waals surface area contributed by atoms with E-state index < -0.39 is 11.8 Å². The Balaban J connectivity index is 1.19. The summed E-state index contributed by atoms with van der Waals surface area (Å²) in [5.41, 5.74) is 7.38. The van der Waals surface area contributed by atoms with Crippen molar-refractivity contribution in [3.05, 3.63) is 40.9 Å². The van der Waals surface area contributed by atoms with Gasteiger partial charge in [0.2, 0.25) is 5.91 Å². The van der Waals surface area contributed by atoms with Gasteiger partial charge in [-0.05, 0) is 56.7 Å². The number of halogens is 1. The molecule has 3 fully saturated rings. The van der Waals surface area contributed by atoms with Gasteiger partial charge in [0, 0.05) is 43.9 Å². The molecular formula is C27H35ClN6O5. The molecule has 2 aliphatic heterocycles. The van der Waals surface area contributed by atoms with Crippen molar-refractivity contribution in [2.75, 3.05) is 49.7 Å². The first-order chi connectivity index (χ1) is 18.9. The fourth-order valence-electron chi connectivity index (χ4n) is 5.62. The van der Waals surface area contributed by atoms with Crippen molar-refractivity contribution in [2.24, 2.45) is 11.7 Å². The molecule has 5 rings (SSSR count). The highest BCUT2D eigenvalue weighted by atomic mass is 35.5. The third kappa shape index (κ3) is 6.37. The molecule has 3 aliphatic rings. The number of carbonyl (C=O) groups excluding carboxylic acids is 3. The second-order valence-electron chi connectivity index (χ2n) is 10.3. The number of imidazole rings is 1. The van der Waals surface area contributed by atoms with Crippen LogP contribution >= 0.6 is 11.6 Å². The Kier molecular flexibility index (Phi) is 8.69. The van der Waals surface area contributed by atoms with E-state index >= 15 is 0 Å². The minimum Gasteiger partial charge on any atom is -0.378 e. The average molecular weight is 559 g/mol. The number of amides is 3. The lowest BCUT2D eigenvalue weighted by Gasteiger charge is -2.30. The summed E-state index contributed by atoms with van der Waals surface area (Å²) in [6, 6.07) is 5.58. The van der Waals surface area contributed by atoms with Crippen LogP contribution in [0.3, 0.4) is 0 Å². The first-order valence-corrected chi connectivity index (χ1v) is 14.0. The fourth-order valence-corrected chi connectivity index (χ4v) is 5.79. The highest BCUT2D eigenvalue weighted by Crippen LogP contribution is 2.35. The van der Waals surface area contributed by atoms with Crippen LogP contribution in [0.2, 0.25) is 5.02 Å². The average Bonchev–Trinajstić information content (AvgIpc) is 3.64. The van der Waals surface area contributed by atoms with Crippen LogP contribution in [0.1, 0.15) is 65.5 Å². The van der Waals surface area contributed by atoms with Crippen molar-refractivity contribution in [1.29, 1.82) is 0 Å². The molecule has 0 bridgehead atoms. The number of primary amides is 1. The molecular weight excluding hydrogens is 524 g/mol. The van der Waals surface area contributed by atoms with E-state index in [2.05, 4.69) is 20.5 Å². The van der Waals surface area contributed by atoms with Gasteiger partial charge in [-0.15, -0.1) is 0 Å². The van der Waals surface area contributed by atoms with Crippen molar-refractivity contribution in [1.82, 2.24) is 14.9 Å². The molecule has 1 unspecified atom stereocenters. The van der Waals surface area contributed by atoms with Crippen molar-refractivity contribution < 1.29 is 23.9 Å². The minimum absolute atomic E-state index is 0.0220. The number of carbonyl (C=O) groups is 3. The van der Waals surface area contributed by atoms with Crippen LogP contribution in [0.25, 0.3) is 0 Å². The topological polar surface area (TPSA) is 141 Å². The van der Waals surface area contributed by atoms with Crippen LogP contribution in [0.5, 0.6) is 0 Å². The number of hydrogen-bond donors (Lipinski definition) is 3. The minimum atomic E-state index is -0.704. The Morgan fingerprint density at radius 3 is 2.54 bits per heavy atom. The molecule has 210 valence electrons. The number of nitrogens with zero attached hydrogens (tertiary/aromatic N) is 3. The Morgan fingerprint density at radius 1 is 1.08 bits per heavy atom. The van der Waals surface area contributed by atoms with Crippen LogP contribution in [0, 0.1) is 5.92 Å². The van der Waals surface area contributed by atoms with E-state index in [-0.39, 0.29) is 35.4 Å². The molecule has 2 aromatic rings. The number of benzene rings is 1. The molecule has 0 spiro atoms. The Labute approximate surface area is 232 Å². The highest BCUT2D eigenvalue weighted by Gasteiger charge is 2.32. The standard InChI is InChI=1S/C27H35ClN6O5/c28-21-8-7-19(33-9-12-38-13-10-33)14-22(21)32-26(36)17-3-5-18(6-4-17)34-16-31-23(24(34)25(29)35)27(37)30-15-20-2-1-11-39-20/h7-8,14,16-18,20H,1-6,9-13,15H2,(H2,29,35)(H,30,37)(H,32,36). The van der Waals surface area contributed by atoms with Gasteiger partial charge in [0.25, 0.3) is 11.8 Å². The lowest BCUT2D eigenvalue weighted by atomic mass is 9.85. The summed E-state index contributed by atoms with van der Waals surface area (Å²) in [7, 11) is 0. The molecule has 1 saturated carbocycles. The number of hydrogen-bond acceptors (Lipinski definition) is 7. The first kappa shape index (κ1) is 27.4. The van der Waals surface area contributed by atoms with Gasteiger partial charge in [0.1, 0.15) is 5.69 Å². The lowest BCUT2D eigenvalue weighted by molar-refractivity contribution is -0.121. The van der Waals surface area contributed by atoms with E-state index in [1.54, 1.807) is 10.6 Å². The monoisotopic (exact) mass is 558 g/mol. The summed E-state index contributed by atoms with van der Waals surface area (Å²) in [5.74, 6) is -1.42. The molecule has 4 N–H and O–H groups in total. The molecule has 2 saturated heterocycles. The predicted octanol–water partition coefficient (Wildman–Crippen LogP) is 2.75. The van der Waals surface area contributed by atoms with E-state index in [4.69, 9.17) is 26.8 Å². The number of anilines is 2. The van der Waals surface area contributed by atoms with Gasteiger partial charge in [-0.1, -0.05) is 11.6 Å². The third-order valence-corrected chi connectivity index (χ3v) is 8.13. The first-order valence-electron chi connectivity index (χ1n) is 13.6. The van der Waals surface area contributed by atoms with Crippen LogP contribution in [0.4, 0.5) is 11.4 Å². The summed E-state index contributed by atoms with van der Waals surface area (Å²) in [5, 5.41) is 6.31. The van der Waals surface area contributed by atoms with Gasteiger partial charge in [-0.25, -0.2) is 4.98 Å². The van der Waals surface area contributed by atoms with E-state index in [9.17, 15) is 14.4 Å². The van der Waals surface area contributed by atoms with Crippen LogP contribution < -0.4 is 21.3 Å². The van der Waals surface area contributed by atoms with Crippen molar-refractivity contribution in [2.45, 2.75) is 50.7 Å². The molecule has 12 heteroatoms. The highest BCUT2D eigenvalue weighted by molar-refractivity contribution is 6.33. The molecule has 39 heavy (non-hydrogen) atoms. The van der Waals surface area contributed by atoms with Gasteiger partial charge in [0.05, 0.1) is 36.4 Å². The normalized spacial score (nSPS) is 23.4. The zero-order valence-electron chi connectivity index (χ0n) is 21.9. The number of nitrogens with one attached hydrogen (secondary N) is 2. The summed E-state index contributed by atoms with van der Waals surface area (Å²) in [4.78, 5) is 44.7. The number of ether oxygens (including phenoxy) is 2. The van der Waals surface area contributed by atoms with Crippen molar-refractivity contribution in [3.8, 4) is 0 Å². The van der Waals surface area contributed by atoms with E-state index in [1.807, 2.05) is 12.1 Å². The zero-order chi connectivity index (χ0) is 27.4. The number of morpholine rings is 1. The smallest absolute Gasteiger partial charge is 0.272 e. The second-order valence-corrected chi connectivity index (χ2v) is 10.7. The summed E-state index contributed by atoms with van der Waals surface area (Å²) < 4.78 is 12.7. The largest absolute Gasteiger partial charge is 0.378 e. The maximum Gasteiger partial charge on any atom is 0.272 e. The molecule has 1 atom stereocenters. The van der Waals surface area contributed by atoms with E-state index in [0.717, 1.165) is 31.6 Å². The fraction of sp³-hybridized carbons (Fsp3) is 0.556. The second kappa shape index (κ2) is 12.4. The number of aromatic nitrogens is 2. The predicted molar refractivity (Wildman–Crippen MR) is 146 cm³/mol. The number of rotatable bonds is 8. The molecule has 1 aliphatic carbocycles. The maximum absolute atomic E-state index is 13.1. The number of nitrogens with two attached hydrogens (primary N) is 1. The van der Waals surface area contributed by atoms with Crippen LogP contribution in [-0.2, 0) is 14.3 Å². The summed E-state index contributed by atoms with van der Waals surface area (Å²) >= 11 is 6.40. The van der Waals surface area contributed by atoms with Crippen LogP contribution in [-0.4, -0.2) is 72.8 Å². The van der Waals surface area contributed by atoms with Crippen LogP contribution in [0.15, 0.2) is 24.5 Å². The van der Waals surface area contributed by atoms with Gasteiger partial charge < -0.3 is 35.3 Å². The van der Waals surface area contributed by atoms with Crippen molar-refractivity contribution >= 4 is 40.7 Å². The molecule has 0 radical (unpaired) electrons. The maximum atomic E-state index is 13.1. The Hall–Kier alpha value is -3.15. The zero-order valence-corrected chi connectivity index (χ0v) is 22.6. The Bertz CT molecular complexity index is 1200. The quantitative estimate of drug-likeness (QED) is 0.452. The SMILES string of the molecule is NC(=O)c1c(C(=O)NCC2CCCO2)ncn1C1CCC(C(=O)Nc2cc(N3CCOCC3)ccc2Cl)CC1.